The molecule has 95 valence electrons. The van der Waals surface area contributed by atoms with Gasteiger partial charge >= 0.3 is 0 Å². The molecule has 6 heteroatoms. The van der Waals surface area contributed by atoms with Crippen LogP contribution < -0.4 is 5.43 Å². The van der Waals surface area contributed by atoms with Crippen molar-refractivity contribution in [2.45, 2.75) is 6.54 Å². The monoisotopic (exact) mass is 241 g/mol. The molecule has 1 rings (SSSR count). The molecule has 0 heterocycles. The van der Waals surface area contributed by atoms with Crippen LogP contribution in [0.1, 0.15) is 5.56 Å². The summed E-state index contributed by atoms with van der Waals surface area (Å²) < 4.78 is 0. The van der Waals surface area contributed by atoms with Gasteiger partial charge in [-0.3, -0.25) is 0 Å². The van der Waals surface area contributed by atoms with E-state index in [0.29, 0.717) is 19.6 Å². The second kappa shape index (κ2) is 7.08. The Bertz CT molecular complexity index is 340. The lowest BCUT2D eigenvalue weighted by Gasteiger charge is -2.18. The fourth-order valence-electron chi connectivity index (χ4n) is 1.33. The van der Waals surface area contributed by atoms with Gasteiger partial charge in [0.2, 0.25) is 0 Å². The predicted octanol–water partition coefficient (Wildman–Crippen LogP) is -0.596. The van der Waals surface area contributed by atoms with E-state index in [1.54, 1.807) is 11.1 Å². The van der Waals surface area contributed by atoms with Crippen LogP contribution in [0.4, 0.5) is 0 Å². The van der Waals surface area contributed by atoms with Gasteiger partial charge in [0.15, 0.2) is 11.5 Å². The molecule has 0 aliphatic rings. The van der Waals surface area contributed by atoms with E-state index in [0.717, 1.165) is 5.56 Å². The summed E-state index contributed by atoms with van der Waals surface area (Å²) in [6.07, 6.45) is 0. The fraction of sp³-hybridized carbons (Fsp3) is 0.455. The van der Waals surface area contributed by atoms with Crippen molar-refractivity contribution in [3.05, 3.63) is 23.8 Å². The summed E-state index contributed by atoms with van der Waals surface area (Å²) in [7, 11) is 0. The summed E-state index contributed by atoms with van der Waals surface area (Å²) >= 11 is 0. The van der Waals surface area contributed by atoms with Crippen molar-refractivity contribution in [3.8, 4) is 11.5 Å². The third kappa shape index (κ3) is 4.58. The zero-order valence-corrected chi connectivity index (χ0v) is 9.45. The van der Waals surface area contributed by atoms with Crippen molar-refractivity contribution >= 4 is 0 Å². The van der Waals surface area contributed by atoms with Gasteiger partial charge in [0.25, 0.3) is 0 Å². The van der Waals surface area contributed by atoms with E-state index in [4.69, 9.17) is 15.3 Å². The highest BCUT2D eigenvalue weighted by Gasteiger charge is 2.06. The van der Waals surface area contributed by atoms with Gasteiger partial charge in [0, 0.05) is 13.1 Å². The lowest BCUT2D eigenvalue weighted by atomic mass is 10.2. The summed E-state index contributed by atoms with van der Waals surface area (Å²) in [5.41, 5.74) is 4.90. The molecule has 0 fully saturated rings. The first kappa shape index (κ1) is 13.7. The smallest absolute Gasteiger partial charge is 0.157 e. The number of aromatic hydroxyl groups is 2. The second-order valence-electron chi connectivity index (χ2n) is 3.52. The Morgan fingerprint density at radius 2 is 1.65 bits per heavy atom. The van der Waals surface area contributed by atoms with Crippen LogP contribution >= 0.6 is 0 Å². The number of phenols is 2. The van der Waals surface area contributed by atoms with Crippen molar-refractivity contribution < 1.29 is 20.4 Å². The van der Waals surface area contributed by atoms with E-state index in [2.05, 4.69) is 5.43 Å². The minimum atomic E-state index is -0.187. The van der Waals surface area contributed by atoms with Gasteiger partial charge in [-0.25, -0.2) is 5.01 Å². The molecular weight excluding hydrogens is 224 g/mol. The first-order valence-corrected chi connectivity index (χ1v) is 5.32. The van der Waals surface area contributed by atoms with E-state index < -0.39 is 0 Å². The number of aliphatic hydroxyl groups excluding tert-OH is 2. The third-order valence-corrected chi connectivity index (χ3v) is 2.21. The van der Waals surface area contributed by atoms with Crippen molar-refractivity contribution in [1.82, 2.24) is 10.4 Å². The minimum Gasteiger partial charge on any atom is -0.504 e. The minimum absolute atomic E-state index is 0.0374. The topological polar surface area (TPSA) is 98.3 Å². The molecule has 6 nitrogen and oxygen atoms in total. The quantitative estimate of drug-likeness (QED) is 0.377. The van der Waals surface area contributed by atoms with Crippen LogP contribution in [0.3, 0.4) is 0 Å². The van der Waals surface area contributed by atoms with E-state index in [-0.39, 0.29) is 24.7 Å². The molecule has 0 aliphatic heterocycles. The van der Waals surface area contributed by atoms with Crippen LogP contribution in [0.2, 0.25) is 0 Å². The molecule has 1 aromatic rings. The Morgan fingerprint density at radius 3 is 2.18 bits per heavy atom. The molecular formula is C11H17N2O4. The number of hydrogen-bond acceptors (Lipinski definition) is 5. The molecule has 0 atom stereocenters. The average molecular weight is 241 g/mol. The van der Waals surface area contributed by atoms with Crippen molar-refractivity contribution in [2.24, 2.45) is 0 Å². The SMILES string of the molecule is OCCN(CCO)[N]Cc1ccc(O)c(O)c1. The van der Waals surface area contributed by atoms with Crippen molar-refractivity contribution in [1.29, 1.82) is 0 Å². The zero-order chi connectivity index (χ0) is 12.7. The van der Waals surface area contributed by atoms with Crippen molar-refractivity contribution in [3.63, 3.8) is 0 Å². The maximum absolute atomic E-state index is 9.29. The maximum Gasteiger partial charge on any atom is 0.157 e. The molecule has 0 spiro atoms. The van der Waals surface area contributed by atoms with Gasteiger partial charge in [-0.1, -0.05) is 6.07 Å². The number of hydrogen-bond donors (Lipinski definition) is 4. The number of aliphatic hydroxyl groups is 2. The van der Waals surface area contributed by atoms with Gasteiger partial charge in [-0.15, -0.1) is 0 Å². The summed E-state index contributed by atoms with van der Waals surface area (Å²) in [5.74, 6) is -0.357. The summed E-state index contributed by atoms with van der Waals surface area (Å²) in [5, 5.41) is 37.5. The summed E-state index contributed by atoms with van der Waals surface area (Å²) in [4.78, 5) is 0. The Hall–Kier alpha value is -1.34. The summed E-state index contributed by atoms with van der Waals surface area (Å²) in [6, 6.07) is 4.46. The zero-order valence-electron chi connectivity index (χ0n) is 9.45. The molecule has 1 aromatic carbocycles. The van der Waals surface area contributed by atoms with Gasteiger partial charge in [-0.2, -0.15) is 5.43 Å². The van der Waals surface area contributed by atoms with E-state index >= 15 is 0 Å². The second-order valence-corrected chi connectivity index (χ2v) is 3.52. The fourth-order valence-corrected chi connectivity index (χ4v) is 1.33. The molecule has 0 bridgehead atoms. The summed E-state index contributed by atoms with van der Waals surface area (Å²) in [6.45, 7) is 0.942. The van der Waals surface area contributed by atoms with Crippen LogP contribution in [0.5, 0.6) is 11.5 Å². The number of phenolic OH excluding ortho intramolecular Hbond substituents is 2. The lowest BCUT2D eigenvalue weighted by Crippen LogP contribution is -2.36. The van der Waals surface area contributed by atoms with Crippen LogP contribution in [0.25, 0.3) is 0 Å². The normalized spacial score (nSPS) is 11.0. The molecule has 0 aromatic heterocycles. The van der Waals surface area contributed by atoms with Gasteiger partial charge < -0.3 is 20.4 Å². The highest BCUT2D eigenvalue weighted by atomic mass is 16.3. The number of nitrogens with zero attached hydrogens (tertiary/aromatic N) is 2. The first-order chi connectivity index (χ1) is 8.17. The Balaban J connectivity index is 2.49. The van der Waals surface area contributed by atoms with Crippen molar-refractivity contribution in [2.75, 3.05) is 26.3 Å². The van der Waals surface area contributed by atoms with E-state index in [9.17, 15) is 5.11 Å². The molecule has 0 aliphatic carbocycles. The van der Waals surface area contributed by atoms with Crippen LogP contribution in [-0.4, -0.2) is 51.7 Å². The molecule has 0 unspecified atom stereocenters. The highest BCUT2D eigenvalue weighted by molar-refractivity contribution is 5.40. The standard InChI is InChI=1S/C11H17N2O4/c14-5-3-13(4-6-15)12-8-9-1-2-10(16)11(17)7-9/h1-2,7,14-17H,3-6,8H2. The predicted molar refractivity (Wildman–Crippen MR) is 61.4 cm³/mol. The van der Waals surface area contributed by atoms with Crippen LogP contribution in [0, 0.1) is 0 Å². The third-order valence-electron chi connectivity index (χ3n) is 2.21. The largest absolute Gasteiger partial charge is 0.504 e. The highest BCUT2D eigenvalue weighted by Crippen LogP contribution is 2.24. The molecule has 0 saturated carbocycles. The van der Waals surface area contributed by atoms with E-state index in [1.807, 2.05) is 0 Å². The van der Waals surface area contributed by atoms with Crippen LogP contribution in [0.15, 0.2) is 18.2 Å². The average Bonchev–Trinajstić information content (AvgIpc) is 2.31. The Morgan fingerprint density at radius 1 is 1.00 bits per heavy atom. The van der Waals surface area contributed by atoms with Gasteiger partial charge in [0.05, 0.1) is 19.8 Å². The van der Waals surface area contributed by atoms with E-state index in [1.165, 1.54) is 12.1 Å². The first-order valence-electron chi connectivity index (χ1n) is 5.32. The van der Waals surface area contributed by atoms with Gasteiger partial charge in [0.1, 0.15) is 0 Å². The lowest BCUT2D eigenvalue weighted by molar-refractivity contribution is 0.108. The molecule has 4 N–H and O–H groups in total. The van der Waals surface area contributed by atoms with Crippen LogP contribution in [-0.2, 0) is 6.54 Å². The number of benzene rings is 1. The van der Waals surface area contributed by atoms with Gasteiger partial charge in [-0.05, 0) is 17.7 Å². The molecule has 1 radical (unpaired) electrons. The maximum atomic E-state index is 9.29. The molecule has 0 amide bonds. The Labute approximate surface area is 99.7 Å². The molecule has 17 heavy (non-hydrogen) atoms. The number of rotatable bonds is 7. The Kier molecular flexibility index (Phi) is 5.71. The molecule has 0 saturated heterocycles.